The van der Waals surface area contributed by atoms with Crippen molar-refractivity contribution in [2.75, 3.05) is 23.7 Å². The molecule has 0 fully saturated rings. The second-order valence-electron chi connectivity index (χ2n) is 5.54. The molecule has 0 saturated carbocycles. The molecule has 0 radical (unpaired) electrons. The summed E-state index contributed by atoms with van der Waals surface area (Å²) in [5.41, 5.74) is 3.04. The fourth-order valence-corrected chi connectivity index (χ4v) is 3.04. The molecule has 0 saturated heterocycles. The molecule has 144 valence electrons. The standard InChI is InChI=1S/C18H20FN3O4S/c1-3-26-17-9-7-14(8-10-17)12-20-21-18(23)13-22(27(2,24)25)16-6-4-5-15(19)11-16/h4-12H,3,13H2,1-2H3,(H,21,23)/b20-12-. The molecular formula is C18H20FN3O4S. The fourth-order valence-electron chi connectivity index (χ4n) is 2.19. The van der Waals surface area contributed by atoms with Gasteiger partial charge in [0, 0.05) is 0 Å². The molecule has 0 aromatic heterocycles. The Kier molecular flexibility index (Phi) is 6.89. The lowest BCUT2D eigenvalue weighted by molar-refractivity contribution is -0.119. The quantitative estimate of drug-likeness (QED) is 0.550. The van der Waals surface area contributed by atoms with Crippen molar-refractivity contribution in [1.29, 1.82) is 0 Å². The average molecular weight is 393 g/mol. The maximum atomic E-state index is 13.4. The molecule has 0 aliphatic heterocycles. The Morgan fingerprint density at radius 1 is 1.26 bits per heavy atom. The number of hydrogen-bond donors (Lipinski definition) is 1. The maximum absolute atomic E-state index is 13.4. The van der Waals surface area contributed by atoms with Crippen molar-refractivity contribution in [2.24, 2.45) is 5.10 Å². The number of sulfonamides is 1. The van der Waals surface area contributed by atoms with E-state index in [1.54, 1.807) is 24.3 Å². The monoisotopic (exact) mass is 393 g/mol. The summed E-state index contributed by atoms with van der Waals surface area (Å²) in [4.78, 5) is 12.0. The number of nitrogens with one attached hydrogen (secondary N) is 1. The van der Waals surface area contributed by atoms with E-state index in [9.17, 15) is 17.6 Å². The molecule has 0 aliphatic rings. The SMILES string of the molecule is CCOc1ccc(/C=N\NC(=O)CN(c2cccc(F)c2)S(C)(=O)=O)cc1. The van der Waals surface area contributed by atoms with Crippen LogP contribution in [0.15, 0.2) is 53.6 Å². The number of hydrazone groups is 1. The molecule has 1 amide bonds. The van der Waals surface area contributed by atoms with Gasteiger partial charge in [0.15, 0.2) is 0 Å². The normalized spacial score (nSPS) is 11.4. The average Bonchev–Trinajstić information content (AvgIpc) is 2.60. The van der Waals surface area contributed by atoms with E-state index in [2.05, 4.69) is 10.5 Å². The highest BCUT2D eigenvalue weighted by Gasteiger charge is 2.21. The van der Waals surface area contributed by atoms with Crippen LogP contribution in [0.3, 0.4) is 0 Å². The van der Waals surface area contributed by atoms with Crippen LogP contribution in [0.2, 0.25) is 0 Å². The van der Waals surface area contributed by atoms with Gasteiger partial charge in [-0.2, -0.15) is 5.10 Å². The summed E-state index contributed by atoms with van der Waals surface area (Å²) < 4.78 is 43.4. The lowest BCUT2D eigenvalue weighted by Gasteiger charge is -2.21. The van der Waals surface area contributed by atoms with Crippen LogP contribution in [0.25, 0.3) is 0 Å². The van der Waals surface area contributed by atoms with E-state index in [4.69, 9.17) is 4.74 Å². The largest absolute Gasteiger partial charge is 0.494 e. The first-order valence-electron chi connectivity index (χ1n) is 8.07. The smallest absolute Gasteiger partial charge is 0.260 e. The molecule has 0 bridgehead atoms. The Labute approximate surface area is 157 Å². The molecule has 9 heteroatoms. The topological polar surface area (TPSA) is 88.1 Å². The number of halogens is 1. The van der Waals surface area contributed by atoms with Gasteiger partial charge in [-0.1, -0.05) is 6.07 Å². The summed E-state index contributed by atoms with van der Waals surface area (Å²) >= 11 is 0. The zero-order chi connectivity index (χ0) is 19.9. The van der Waals surface area contributed by atoms with Gasteiger partial charge < -0.3 is 4.74 Å². The van der Waals surface area contributed by atoms with Gasteiger partial charge in [-0.15, -0.1) is 0 Å². The lowest BCUT2D eigenvalue weighted by atomic mass is 10.2. The van der Waals surface area contributed by atoms with Crippen LogP contribution >= 0.6 is 0 Å². The van der Waals surface area contributed by atoms with E-state index in [1.165, 1.54) is 24.4 Å². The third-order valence-electron chi connectivity index (χ3n) is 3.38. The van der Waals surface area contributed by atoms with E-state index in [0.29, 0.717) is 6.61 Å². The number of carbonyl (C=O) groups excluding carboxylic acids is 1. The summed E-state index contributed by atoms with van der Waals surface area (Å²) in [7, 11) is -3.78. The molecule has 0 unspecified atom stereocenters. The Bertz CT molecular complexity index is 914. The number of hydrogen-bond acceptors (Lipinski definition) is 5. The Balaban J connectivity index is 2.01. The van der Waals surface area contributed by atoms with Crippen molar-refractivity contribution in [3.05, 3.63) is 59.9 Å². The molecular weight excluding hydrogens is 373 g/mol. The van der Waals surface area contributed by atoms with Crippen molar-refractivity contribution in [1.82, 2.24) is 5.43 Å². The van der Waals surface area contributed by atoms with E-state index >= 15 is 0 Å². The maximum Gasteiger partial charge on any atom is 0.260 e. The second-order valence-corrected chi connectivity index (χ2v) is 7.45. The zero-order valence-electron chi connectivity index (χ0n) is 14.9. The second kappa shape index (κ2) is 9.13. The summed E-state index contributed by atoms with van der Waals surface area (Å²) in [6.07, 6.45) is 2.36. The number of nitrogens with zero attached hydrogens (tertiary/aromatic N) is 2. The minimum atomic E-state index is -3.78. The first-order chi connectivity index (χ1) is 12.8. The Morgan fingerprint density at radius 2 is 1.96 bits per heavy atom. The predicted molar refractivity (Wildman–Crippen MR) is 102 cm³/mol. The number of amides is 1. The van der Waals surface area contributed by atoms with Crippen molar-refractivity contribution in [3.8, 4) is 5.75 Å². The first kappa shape index (κ1) is 20.4. The van der Waals surface area contributed by atoms with E-state index in [-0.39, 0.29) is 5.69 Å². The number of ether oxygens (including phenoxy) is 1. The van der Waals surface area contributed by atoms with Gasteiger partial charge in [-0.05, 0) is 55.0 Å². The molecule has 0 aliphatic carbocycles. The fraction of sp³-hybridized carbons (Fsp3) is 0.222. The van der Waals surface area contributed by atoms with Gasteiger partial charge in [0.2, 0.25) is 10.0 Å². The number of benzene rings is 2. The summed E-state index contributed by atoms with van der Waals surface area (Å²) in [6, 6.07) is 12.0. The third kappa shape index (κ3) is 6.37. The third-order valence-corrected chi connectivity index (χ3v) is 4.52. The van der Waals surface area contributed by atoms with Crippen molar-refractivity contribution < 1.29 is 22.3 Å². The van der Waals surface area contributed by atoms with Crippen molar-refractivity contribution in [3.63, 3.8) is 0 Å². The van der Waals surface area contributed by atoms with Crippen LogP contribution in [0.4, 0.5) is 10.1 Å². The van der Waals surface area contributed by atoms with E-state index in [0.717, 1.165) is 27.9 Å². The molecule has 7 nitrogen and oxygen atoms in total. The highest BCUT2D eigenvalue weighted by Crippen LogP contribution is 2.18. The summed E-state index contributed by atoms with van der Waals surface area (Å²) in [5, 5.41) is 3.80. The minimum absolute atomic E-state index is 0.0585. The molecule has 0 heterocycles. The number of anilines is 1. The molecule has 2 aromatic carbocycles. The van der Waals surface area contributed by atoms with E-state index < -0.39 is 28.3 Å². The van der Waals surface area contributed by atoms with Gasteiger partial charge in [0.05, 0.1) is 24.8 Å². The molecule has 2 rings (SSSR count). The van der Waals surface area contributed by atoms with Crippen molar-refractivity contribution >= 4 is 27.8 Å². The van der Waals surface area contributed by atoms with Crippen LogP contribution in [-0.4, -0.2) is 39.9 Å². The van der Waals surface area contributed by atoms with Crippen molar-refractivity contribution in [2.45, 2.75) is 6.92 Å². The van der Waals surface area contributed by atoms with Crippen LogP contribution in [0.5, 0.6) is 5.75 Å². The first-order valence-corrected chi connectivity index (χ1v) is 9.92. The highest BCUT2D eigenvalue weighted by atomic mass is 32.2. The van der Waals surface area contributed by atoms with Gasteiger partial charge in [-0.3, -0.25) is 9.10 Å². The van der Waals surface area contributed by atoms with Crippen LogP contribution in [0, 0.1) is 5.82 Å². The van der Waals surface area contributed by atoms with Gasteiger partial charge in [0.1, 0.15) is 18.1 Å². The van der Waals surface area contributed by atoms with Gasteiger partial charge >= 0.3 is 0 Å². The zero-order valence-corrected chi connectivity index (χ0v) is 15.7. The summed E-state index contributed by atoms with van der Waals surface area (Å²) in [5.74, 6) is -0.542. The Morgan fingerprint density at radius 3 is 2.56 bits per heavy atom. The molecule has 2 aromatic rings. The molecule has 0 spiro atoms. The van der Waals surface area contributed by atoms with Gasteiger partial charge in [-0.25, -0.2) is 18.2 Å². The number of rotatable bonds is 8. The molecule has 27 heavy (non-hydrogen) atoms. The predicted octanol–water partition coefficient (Wildman–Crippen LogP) is 2.14. The van der Waals surface area contributed by atoms with Crippen LogP contribution in [-0.2, 0) is 14.8 Å². The minimum Gasteiger partial charge on any atom is -0.494 e. The number of carbonyl (C=O) groups is 1. The molecule has 1 N–H and O–H groups in total. The van der Waals surface area contributed by atoms with Gasteiger partial charge in [0.25, 0.3) is 5.91 Å². The van der Waals surface area contributed by atoms with Crippen LogP contribution < -0.4 is 14.5 Å². The van der Waals surface area contributed by atoms with Crippen LogP contribution in [0.1, 0.15) is 12.5 Å². The molecule has 0 atom stereocenters. The lowest BCUT2D eigenvalue weighted by Crippen LogP contribution is -2.39. The Hall–Kier alpha value is -2.94. The van der Waals surface area contributed by atoms with E-state index in [1.807, 2.05) is 6.92 Å². The highest BCUT2D eigenvalue weighted by molar-refractivity contribution is 7.92. The summed E-state index contributed by atoms with van der Waals surface area (Å²) in [6.45, 7) is 1.92.